The van der Waals surface area contributed by atoms with E-state index in [0.717, 1.165) is 5.56 Å². The van der Waals surface area contributed by atoms with E-state index in [9.17, 15) is 9.59 Å². The van der Waals surface area contributed by atoms with Crippen LogP contribution in [-0.2, 0) is 14.3 Å². The third kappa shape index (κ3) is 3.31. The number of carbonyl (C=O) groups is 2. The van der Waals surface area contributed by atoms with E-state index in [2.05, 4.69) is 5.32 Å². The molecule has 0 heterocycles. The van der Waals surface area contributed by atoms with Crippen LogP contribution in [0.2, 0.25) is 0 Å². The maximum absolute atomic E-state index is 11.9. The number of aryl methyl sites for hydroxylation is 1. The summed E-state index contributed by atoms with van der Waals surface area (Å²) in [6, 6.07) is 5.38. The lowest BCUT2D eigenvalue weighted by Crippen LogP contribution is -2.26. The van der Waals surface area contributed by atoms with Gasteiger partial charge in [0.2, 0.25) is 0 Å². The average molecular weight is 346 g/mol. The molecule has 1 amide bonds. The van der Waals surface area contributed by atoms with Crippen molar-refractivity contribution in [1.82, 2.24) is 0 Å². The largest absolute Gasteiger partial charge is 0.495 e. The molecule has 0 unspecified atom stereocenters. The van der Waals surface area contributed by atoms with Gasteiger partial charge in [0, 0.05) is 6.42 Å². The van der Waals surface area contributed by atoms with E-state index in [1.54, 1.807) is 19.1 Å². The van der Waals surface area contributed by atoms with Crippen LogP contribution in [0, 0.1) is 12.3 Å². The first kappa shape index (κ1) is 16.9. The van der Waals surface area contributed by atoms with Gasteiger partial charge in [-0.2, -0.15) is 0 Å². The zero-order valence-corrected chi connectivity index (χ0v) is 14.0. The molecule has 1 N–H and O–H groups in total. The molecule has 22 heavy (non-hydrogen) atoms. The number of esters is 1. The SMILES string of the molecule is COc1ccc(C)cc1NC(=O)COC(=O)[C@@]1(C)CC1(Cl)Cl. The molecule has 0 spiro atoms. The number of amides is 1. The van der Waals surface area contributed by atoms with Crippen molar-refractivity contribution >= 4 is 40.8 Å². The fourth-order valence-corrected chi connectivity index (χ4v) is 2.71. The summed E-state index contributed by atoms with van der Waals surface area (Å²) in [4.78, 5) is 23.8. The molecule has 0 aliphatic heterocycles. The van der Waals surface area contributed by atoms with E-state index in [-0.39, 0.29) is 0 Å². The smallest absolute Gasteiger partial charge is 0.315 e. The minimum absolute atomic E-state index is 0.315. The van der Waals surface area contributed by atoms with Crippen molar-refractivity contribution in [3.8, 4) is 5.75 Å². The number of carbonyl (C=O) groups excluding carboxylic acids is 2. The first-order chi connectivity index (χ1) is 10.2. The van der Waals surface area contributed by atoms with Crippen LogP contribution < -0.4 is 10.1 Å². The summed E-state index contributed by atoms with van der Waals surface area (Å²) >= 11 is 11.8. The Hall–Kier alpha value is -1.46. The second-order valence-electron chi connectivity index (χ2n) is 5.54. The molecular weight excluding hydrogens is 329 g/mol. The van der Waals surface area contributed by atoms with Gasteiger partial charge in [-0.3, -0.25) is 9.59 Å². The Morgan fingerprint density at radius 2 is 2.00 bits per heavy atom. The second kappa shape index (κ2) is 5.97. The molecule has 0 saturated heterocycles. The Labute approximate surface area is 138 Å². The highest BCUT2D eigenvalue weighted by Crippen LogP contribution is 2.64. The van der Waals surface area contributed by atoms with E-state index in [4.69, 9.17) is 32.7 Å². The van der Waals surface area contributed by atoms with Crippen molar-refractivity contribution in [1.29, 1.82) is 0 Å². The number of benzene rings is 1. The van der Waals surface area contributed by atoms with Gasteiger partial charge in [-0.05, 0) is 31.5 Å². The molecule has 1 atom stereocenters. The number of alkyl halides is 2. The Balaban J connectivity index is 1.92. The fraction of sp³-hybridized carbons (Fsp3) is 0.467. The molecule has 7 heteroatoms. The summed E-state index contributed by atoms with van der Waals surface area (Å²) in [5, 5.41) is 2.64. The van der Waals surface area contributed by atoms with Crippen molar-refractivity contribution < 1.29 is 19.1 Å². The van der Waals surface area contributed by atoms with E-state index in [0.29, 0.717) is 17.9 Å². The lowest BCUT2D eigenvalue weighted by molar-refractivity contribution is -0.152. The Morgan fingerprint density at radius 1 is 1.36 bits per heavy atom. The summed E-state index contributed by atoms with van der Waals surface area (Å²) in [5.41, 5.74) is 0.537. The van der Waals surface area contributed by atoms with Gasteiger partial charge in [0.05, 0.1) is 12.8 Å². The number of hydrogen-bond donors (Lipinski definition) is 1. The Morgan fingerprint density at radius 3 is 2.55 bits per heavy atom. The minimum Gasteiger partial charge on any atom is -0.495 e. The van der Waals surface area contributed by atoms with Crippen LogP contribution in [-0.4, -0.2) is 29.9 Å². The molecule has 1 aliphatic rings. The zero-order valence-electron chi connectivity index (χ0n) is 12.5. The lowest BCUT2D eigenvalue weighted by atomic mass is 10.1. The van der Waals surface area contributed by atoms with E-state index in [1.807, 2.05) is 13.0 Å². The summed E-state index contributed by atoms with van der Waals surface area (Å²) in [6.45, 7) is 3.09. The van der Waals surface area contributed by atoms with Gasteiger partial charge in [0.1, 0.15) is 15.5 Å². The summed E-state index contributed by atoms with van der Waals surface area (Å²) in [7, 11) is 1.51. The highest BCUT2D eigenvalue weighted by molar-refractivity contribution is 6.53. The second-order valence-corrected chi connectivity index (χ2v) is 7.03. The molecular formula is C15H17Cl2NO4. The maximum atomic E-state index is 11.9. The molecule has 2 rings (SSSR count). The normalized spacial score (nSPS) is 21.9. The van der Waals surface area contributed by atoms with Gasteiger partial charge in [-0.25, -0.2) is 0 Å². The van der Waals surface area contributed by atoms with Gasteiger partial charge >= 0.3 is 5.97 Å². The first-order valence-corrected chi connectivity index (χ1v) is 7.45. The van der Waals surface area contributed by atoms with E-state index >= 15 is 0 Å². The Kier molecular flexibility index (Phi) is 4.59. The molecule has 120 valence electrons. The van der Waals surface area contributed by atoms with Crippen LogP contribution >= 0.6 is 23.2 Å². The highest BCUT2D eigenvalue weighted by atomic mass is 35.5. The first-order valence-electron chi connectivity index (χ1n) is 6.69. The maximum Gasteiger partial charge on any atom is 0.315 e. The number of nitrogens with one attached hydrogen (secondary N) is 1. The molecule has 0 bridgehead atoms. The molecule has 0 radical (unpaired) electrons. The van der Waals surface area contributed by atoms with Crippen LogP contribution in [0.25, 0.3) is 0 Å². The van der Waals surface area contributed by atoms with Gasteiger partial charge in [-0.1, -0.05) is 6.07 Å². The number of rotatable bonds is 5. The van der Waals surface area contributed by atoms with E-state index in [1.165, 1.54) is 7.11 Å². The topological polar surface area (TPSA) is 64.6 Å². The predicted octanol–water partition coefficient (Wildman–Crippen LogP) is 3.07. The number of ether oxygens (including phenoxy) is 2. The average Bonchev–Trinajstić information content (AvgIpc) is 2.96. The monoisotopic (exact) mass is 345 g/mol. The van der Waals surface area contributed by atoms with Gasteiger partial charge < -0.3 is 14.8 Å². The van der Waals surface area contributed by atoms with Crippen LogP contribution in [0.4, 0.5) is 5.69 Å². The molecule has 5 nitrogen and oxygen atoms in total. The molecule has 0 aromatic heterocycles. The number of methoxy groups -OCH3 is 1. The third-order valence-electron chi connectivity index (χ3n) is 3.67. The minimum atomic E-state index is -1.11. The Bertz CT molecular complexity index is 618. The quantitative estimate of drug-likeness (QED) is 0.657. The van der Waals surface area contributed by atoms with Crippen LogP contribution in [0.1, 0.15) is 18.9 Å². The fourth-order valence-electron chi connectivity index (χ4n) is 2.02. The van der Waals surface area contributed by atoms with Gasteiger partial charge in [-0.15, -0.1) is 23.2 Å². The van der Waals surface area contributed by atoms with Crippen LogP contribution in [0.3, 0.4) is 0 Å². The lowest BCUT2D eigenvalue weighted by Gasteiger charge is -2.13. The van der Waals surface area contributed by atoms with Gasteiger partial charge in [0.25, 0.3) is 5.91 Å². The van der Waals surface area contributed by atoms with Crippen molar-refractivity contribution in [2.75, 3.05) is 19.0 Å². The van der Waals surface area contributed by atoms with Crippen molar-refractivity contribution in [2.24, 2.45) is 5.41 Å². The number of anilines is 1. The van der Waals surface area contributed by atoms with E-state index < -0.39 is 28.2 Å². The van der Waals surface area contributed by atoms with Crippen molar-refractivity contribution in [2.45, 2.75) is 24.6 Å². The molecule has 1 aromatic rings. The molecule has 1 aliphatic carbocycles. The number of hydrogen-bond acceptors (Lipinski definition) is 4. The van der Waals surface area contributed by atoms with Crippen LogP contribution in [0.5, 0.6) is 5.75 Å². The van der Waals surface area contributed by atoms with Crippen molar-refractivity contribution in [3.63, 3.8) is 0 Å². The summed E-state index contributed by atoms with van der Waals surface area (Å²) in [5.74, 6) is -0.514. The van der Waals surface area contributed by atoms with Gasteiger partial charge in [0.15, 0.2) is 6.61 Å². The molecule has 1 fully saturated rings. The number of halogens is 2. The predicted molar refractivity (Wildman–Crippen MR) is 84.5 cm³/mol. The molecule has 1 aromatic carbocycles. The van der Waals surface area contributed by atoms with Crippen LogP contribution in [0.15, 0.2) is 18.2 Å². The summed E-state index contributed by atoms with van der Waals surface area (Å²) < 4.78 is 9.03. The van der Waals surface area contributed by atoms with Crippen molar-refractivity contribution in [3.05, 3.63) is 23.8 Å². The zero-order chi connectivity index (χ0) is 16.5. The summed E-state index contributed by atoms with van der Waals surface area (Å²) in [6.07, 6.45) is 0.315. The standard InChI is InChI=1S/C15H17Cl2NO4/c1-9-4-5-11(21-3)10(6-9)18-12(19)7-22-13(20)14(2)8-15(14,16)17/h4-6H,7-8H2,1-3H3,(H,18,19)/t14-/m1/s1. The third-order valence-corrected chi connectivity index (χ3v) is 4.77. The highest BCUT2D eigenvalue weighted by Gasteiger charge is 2.69. The molecule has 1 saturated carbocycles.